The highest BCUT2D eigenvalue weighted by atomic mass is 32.2. The topological polar surface area (TPSA) is 34.1 Å². The summed E-state index contributed by atoms with van der Waals surface area (Å²) in [7, 11) is 0. The lowest BCUT2D eigenvalue weighted by Crippen LogP contribution is -1.96. The third-order valence-electron chi connectivity index (χ3n) is 3.58. The fourth-order valence-electron chi connectivity index (χ4n) is 2.32. The van der Waals surface area contributed by atoms with E-state index in [9.17, 15) is 9.59 Å². The number of hydrogen-bond donors (Lipinski definition) is 0. The molecule has 1 saturated heterocycles. The highest BCUT2D eigenvalue weighted by Crippen LogP contribution is 2.17. The molecule has 0 amide bonds. The van der Waals surface area contributed by atoms with Crippen molar-refractivity contribution >= 4 is 33.8 Å². The van der Waals surface area contributed by atoms with E-state index in [1.165, 1.54) is 49.2 Å². The molecule has 1 heterocycles. The molecule has 0 unspecified atom stereocenters. The number of hydrogen-bond acceptors (Lipinski definition) is 4. The van der Waals surface area contributed by atoms with Crippen molar-refractivity contribution in [1.29, 1.82) is 0 Å². The largest absolute Gasteiger partial charge is 0.287 e. The van der Waals surface area contributed by atoms with Crippen LogP contribution in [0.1, 0.15) is 77.0 Å². The minimum absolute atomic E-state index is 0.382. The molecular formula is C16H28O2S2. The van der Waals surface area contributed by atoms with Crippen molar-refractivity contribution in [3.05, 3.63) is 0 Å². The van der Waals surface area contributed by atoms with Crippen LogP contribution in [0.2, 0.25) is 0 Å². The van der Waals surface area contributed by atoms with Crippen LogP contribution in [-0.2, 0) is 9.59 Å². The summed E-state index contributed by atoms with van der Waals surface area (Å²) in [6.45, 7) is 0. The molecule has 2 nitrogen and oxygen atoms in total. The molecule has 1 aliphatic heterocycles. The minimum atomic E-state index is 0.382. The summed E-state index contributed by atoms with van der Waals surface area (Å²) in [5, 5.41) is 0.763. The minimum Gasteiger partial charge on any atom is -0.287 e. The molecule has 0 aliphatic carbocycles. The number of thioether (sulfide) groups is 2. The quantitative estimate of drug-likeness (QED) is 0.615. The molecule has 1 aliphatic rings. The normalized spacial score (nSPS) is 23.0. The third-order valence-corrected chi connectivity index (χ3v) is 5.61. The standard InChI is InChI=1S/C16H28O2S2/c17-15-11-7-3-1-2-4-8-12-16(18)20-14-10-6-5-9-13-19-15/h1-14H2. The van der Waals surface area contributed by atoms with Gasteiger partial charge >= 0.3 is 0 Å². The summed E-state index contributed by atoms with van der Waals surface area (Å²) in [4.78, 5) is 23.3. The fraction of sp³-hybridized carbons (Fsp3) is 0.875. The van der Waals surface area contributed by atoms with Gasteiger partial charge in [0.2, 0.25) is 0 Å². The van der Waals surface area contributed by atoms with Gasteiger partial charge < -0.3 is 0 Å². The maximum absolute atomic E-state index is 11.6. The van der Waals surface area contributed by atoms with Crippen LogP contribution in [0.5, 0.6) is 0 Å². The van der Waals surface area contributed by atoms with Crippen molar-refractivity contribution in [2.75, 3.05) is 11.5 Å². The molecule has 1 fully saturated rings. The van der Waals surface area contributed by atoms with E-state index in [1.807, 2.05) is 0 Å². The first-order valence-corrected chi connectivity index (χ1v) is 10.1. The van der Waals surface area contributed by atoms with Crippen LogP contribution in [-0.4, -0.2) is 21.7 Å². The second-order valence-electron chi connectivity index (χ2n) is 5.48. The van der Waals surface area contributed by atoms with E-state index in [0.29, 0.717) is 10.2 Å². The molecule has 0 aromatic heterocycles. The number of carbonyl (C=O) groups is 2. The average Bonchev–Trinajstić information content (AvgIpc) is 2.43. The smallest absolute Gasteiger partial charge is 0.188 e. The van der Waals surface area contributed by atoms with Crippen molar-refractivity contribution in [3.8, 4) is 0 Å². The zero-order valence-corrected chi connectivity index (χ0v) is 14.2. The molecular weight excluding hydrogens is 288 g/mol. The molecule has 0 atom stereocenters. The lowest BCUT2D eigenvalue weighted by Gasteiger charge is -2.05. The summed E-state index contributed by atoms with van der Waals surface area (Å²) in [5.74, 6) is 1.95. The predicted octanol–water partition coefficient (Wildman–Crippen LogP) is 5.20. The zero-order valence-electron chi connectivity index (χ0n) is 12.5. The van der Waals surface area contributed by atoms with Crippen molar-refractivity contribution in [3.63, 3.8) is 0 Å². The first-order valence-electron chi connectivity index (χ1n) is 8.10. The van der Waals surface area contributed by atoms with Gasteiger partial charge in [-0.15, -0.1) is 0 Å². The van der Waals surface area contributed by atoms with E-state index in [1.54, 1.807) is 0 Å². The van der Waals surface area contributed by atoms with Crippen molar-refractivity contribution in [1.82, 2.24) is 0 Å². The molecule has 0 radical (unpaired) electrons. The van der Waals surface area contributed by atoms with Gasteiger partial charge in [-0.2, -0.15) is 0 Å². The fourth-order valence-corrected chi connectivity index (χ4v) is 4.05. The third kappa shape index (κ3) is 10.8. The van der Waals surface area contributed by atoms with Crippen molar-refractivity contribution in [2.24, 2.45) is 0 Å². The molecule has 20 heavy (non-hydrogen) atoms. The van der Waals surface area contributed by atoms with Crippen LogP contribution in [0.15, 0.2) is 0 Å². The maximum Gasteiger partial charge on any atom is 0.188 e. The first kappa shape index (κ1) is 18.1. The highest BCUT2D eigenvalue weighted by Gasteiger charge is 2.05. The van der Waals surface area contributed by atoms with Crippen molar-refractivity contribution in [2.45, 2.75) is 77.0 Å². The Morgan fingerprint density at radius 1 is 0.500 bits per heavy atom. The van der Waals surface area contributed by atoms with Gasteiger partial charge in [-0.25, -0.2) is 0 Å². The maximum atomic E-state index is 11.6. The van der Waals surface area contributed by atoms with Gasteiger partial charge in [0, 0.05) is 24.3 Å². The molecule has 0 N–H and O–H groups in total. The number of carbonyl (C=O) groups excluding carboxylic acids is 2. The van der Waals surface area contributed by atoms with Gasteiger partial charge in [-0.3, -0.25) is 9.59 Å². The molecule has 0 aromatic rings. The molecule has 4 heteroatoms. The Bertz CT molecular complexity index is 228. The Morgan fingerprint density at radius 2 is 0.850 bits per heavy atom. The monoisotopic (exact) mass is 316 g/mol. The van der Waals surface area contributed by atoms with E-state index in [2.05, 4.69) is 0 Å². The summed E-state index contributed by atoms with van der Waals surface area (Å²) in [5.41, 5.74) is 0. The molecule has 0 saturated carbocycles. The second-order valence-corrected chi connectivity index (χ2v) is 7.78. The van der Waals surface area contributed by atoms with E-state index in [0.717, 1.165) is 62.9 Å². The van der Waals surface area contributed by atoms with Gasteiger partial charge in [0.05, 0.1) is 0 Å². The molecule has 0 spiro atoms. The van der Waals surface area contributed by atoms with Crippen molar-refractivity contribution < 1.29 is 9.59 Å². The van der Waals surface area contributed by atoms with Gasteiger partial charge in [0.25, 0.3) is 0 Å². The van der Waals surface area contributed by atoms with Crippen LogP contribution >= 0.6 is 23.5 Å². The Kier molecular flexibility index (Phi) is 11.5. The second kappa shape index (κ2) is 12.8. The zero-order chi connectivity index (χ0) is 14.5. The lowest BCUT2D eigenvalue weighted by atomic mass is 10.1. The Hall–Kier alpha value is 0.0400. The van der Waals surface area contributed by atoms with E-state index in [-0.39, 0.29) is 0 Å². The van der Waals surface area contributed by atoms with Crippen LogP contribution in [0.3, 0.4) is 0 Å². The van der Waals surface area contributed by atoms with Crippen LogP contribution < -0.4 is 0 Å². The Balaban J connectivity index is 2.19. The number of rotatable bonds is 0. The molecule has 0 bridgehead atoms. The Labute approximate surface area is 132 Å². The summed E-state index contributed by atoms with van der Waals surface area (Å²) in [6, 6.07) is 0. The first-order chi connectivity index (χ1) is 9.79. The van der Waals surface area contributed by atoms with Crippen LogP contribution in [0.4, 0.5) is 0 Å². The lowest BCUT2D eigenvalue weighted by molar-refractivity contribution is -0.111. The SMILES string of the molecule is O=C1CCCCCCCCC(=O)SCCCCCCS1. The van der Waals surface area contributed by atoms with E-state index in [4.69, 9.17) is 0 Å². The molecule has 0 aromatic carbocycles. The van der Waals surface area contributed by atoms with E-state index >= 15 is 0 Å². The van der Waals surface area contributed by atoms with Gasteiger partial charge in [-0.05, 0) is 25.7 Å². The predicted molar refractivity (Wildman–Crippen MR) is 90.3 cm³/mol. The van der Waals surface area contributed by atoms with Gasteiger partial charge in [-0.1, -0.05) is 62.0 Å². The molecule has 1 rings (SSSR count). The van der Waals surface area contributed by atoms with E-state index < -0.39 is 0 Å². The summed E-state index contributed by atoms with van der Waals surface area (Å²) in [6.07, 6.45) is 13.0. The average molecular weight is 317 g/mol. The summed E-state index contributed by atoms with van der Waals surface area (Å²) < 4.78 is 0. The van der Waals surface area contributed by atoms with Crippen LogP contribution in [0.25, 0.3) is 0 Å². The summed E-state index contributed by atoms with van der Waals surface area (Å²) >= 11 is 3.04. The molecule has 116 valence electrons. The Morgan fingerprint density at radius 3 is 1.30 bits per heavy atom. The van der Waals surface area contributed by atoms with Gasteiger partial charge in [0.1, 0.15) is 0 Å². The van der Waals surface area contributed by atoms with Gasteiger partial charge in [0.15, 0.2) is 10.2 Å². The van der Waals surface area contributed by atoms with Crippen LogP contribution in [0, 0.1) is 0 Å². The highest BCUT2D eigenvalue weighted by molar-refractivity contribution is 8.13.